The van der Waals surface area contributed by atoms with Crippen LogP contribution in [0.1, 0.15) is 13.8 Å². The van der Waals surface area contributed by atoms with E-state index >= 15 is 0 Å². The first kappa shape index (κ1) is 11.9. The van der Waals surface area contributed by atoms with Gasteiger partial charge in [0, 0.05) is 0 Å². The highest BCUT2D eigenvalue weighted by Gasteiger charge is 2.30. The summed E-state index contributed by atoms with van der Waals surface area (Å²) in [6.45, 7) is 2.31. The highest BCUT2D eigenvalue weighted by atomic mass is 16.5. The second-order valence-electron chi connectivity index (χ2n) is 3.12. The lowest BCUT2D eigenvalue weighted by atomic mass is 10.1. The first-order valence-electron chi connectivity index (χ1n) is 3.72. The molecule has 0 saturated heterocycles. The quantitative estimate of drug-likeness (QED) is 0.473. The van der Waals surface area contributed by atoms with E-state index in [9.17, 15) is 9.59 Å². The smallest absolute Gasteiger partial charge is 0.326 e. The average Bonchev–Trinajstić information content (AvgIpc) is 1.99. The summed E-state index contributed by atoms with van der Waals surface area (Å²) >= 11 is 0. The van der Waals surface area contributed by atoms with Gasteiger partial charge in [-0.2, -0.15) is 0 Å². The lowest BCUT2D eigenvalue weighted by Crippen LogP contribution is -2.50. The number of rotatable bonds is 4. The van der Waals surface area contributed by atoms with Crippen LogP contribution in [0.15, 0.2) is 0 Å². The summed E-state index contributed by atoms with van der Waals surface area (Å²) in [5.41, 5.74) is 8.90. The van der Waals surface area contributed by atoms with Gasteiger partial charge < -0.3 is 21.3 Å². The number of carboxylic acids is 1. The fourth-order valence-electron chi connectivity index (χ4n) is 0.414. The fourth-order valence-corrected chi connectivity index (χ4v) is 0.414. The van der Waals surface area contributed by atoms with E-state index in [2.05, 4.69) is 4.74 Å². The normalized spacial score (nSPS) is 17.2. The Morgan fingerprint density at radius 1 is 1.62 bits per heavy atom. The van der Waals surface area contributed by atoms with E-state index in [-0.39, 0.29) is 6.61 Å². The predicted molar refractivity (Wildman–Crippen MR) is 44.8 cm³/mol. The maximum atomic E-state index is 10.8. The molecule has 0 aromatic heterocycles. The van der Waals surface area contributed by atoms with Gasteiger partial charge in [0.1, 0.15) is 18.2 Å². The third-order valence-electron chi connectivity index (χ3n) is 1.37. The van der Waals surface area contributed by atoms with Crippen LogP contribution in [-0.4, -0.2) is 35.2 Å². The van der Waals surface area contributed by atoms with Gasteiger partial charge in [-0.3, -0.25) is 9.59 Å². The molecule has 13 heavy (non-hydrogen) atoms. The lowest BCUT2D eigenvalue weighted by molar-refractivity contribution is -0.152. The topological polar surface area (TPSA) is 116 Å². The van der Waals surface area contributed by atoms with Crippen molar-refractivity contribution >= 4 is 11.9 Å². The predicted octanol–water partition coefficient (Wildman–Crippen LogP) is -1.32. The summed E-state index contributed by atoms with van der Waals surface area (Å²) in [5.74, 6) is -1.90. The van der Waals surface area contributed by atoms with Crippen LogP contribution in [-0.2, 0) is 14.3 Å². The number of carboxylic acid groups (broad SMARTS) is 1. The Morgan fingerprint density at radius 2 is 2.08 bits per heavy atom. The SMILES string of the molecule is CC(N)C(=O)OCC(C)(N)C(=O)O. The Morgan fingerprint density at radius 3 is 2.38 bits per heavy atom. The summed E-state index contributed by atoms with van der Waals surface area (Å²) in [7, 11) is 0. The first-order chi connectivity index (χ1) is 5.77. The van der Waals surface area contributed by atoms with Crippen LogP contribution >= 0.6 is 0 Å². The average molecular weight is 190 g/mol. The van der Waals surface area contributed by atoms with Crippen molar-refractivity contribution in [1.82, 2.24) is 0 Å². The van der Waals surface area contributed by atoms with Crippen LogP contribution in [0.25, 0.3) is 0 Å². The minimum Gasteiger partial charge on any atom is -0.480 e. The number of hydrogen-bond acceptors (Lipinski definition) is 5. The Kier molecular flexibility index (Phi) is 3.83. The van der Waals surface area contributed by atoms with Crippen molar-refractivity contribution in [2.45, 2.75) is 25.4 Å². The monoisotopic (exact) mass is 190 g/mol. The van der Waals surface area contributed by atoms with Gasteiger partial charge in [0.05, 0.1) is 0 Å². The van der Waals surface area contributed by atoms with Gasteiger partial charge in [-0.05, 0) is 13.8 Å². The molecule has 0 radical (unpaired) electrons. The number of aliphatic carboxylic acids is 1. The molecule has 6 heteroatoms. The van der Waals surface area contributed by atoms with Crippen LogP contribution in [0.5, 0.6) is 0 Å². The summed E-state index contributed by atoms with van der Waals surface area (Å²) in [6, 6.07) is -0.774. The summed E-state index contributed by atoms with van der Waals surface area (Å²) in [6.07, 6.45) is 0. The summed E-state index contributed by atoms with van der Waals surface area (Å²) in [4.78, 5) is 21.3. The van der Waals surface area contributed by atoms with E-state index in [1.54, 1.807) is 0 Å². The standard InChI is InChI=1S/C7H14N2O4/c1-4(8)5(10)13-3-7(2,9)6(11)12/h4H,3,8-9H2,1-2H3,(H,11,12). The van der Waals surface area contributed by atoms with Crippen LogP contribution in [0, 0.1) is 0 Å². The molecule has 0 saturated carbocycles. The number of ether oxygens (including phenoxy) is 1. The molecule has 76 valence electrons. The highest BCUT2D eigenvalue weighted by molar-refractivity contribution is 5.79. The summed E-state index contributed by atoms with van der Waals surface area (Å²) in [5, 5.41) is 8.55. The van der Waals surface area contributed by atoms with E-state index in [0.29, 0.717) is 0 Å². The Balaban J connectivity index is 4.03. The van der Waals surface area contributed by atoms with Gasteiger partial charge in [-0.1, -0.05) is 0 Å². The molecule has 2 atom stereocenters. The van der Waals surface area contributed by atoms with Crippen molar-refractivity contribution in [1.29, 1.82) is 0 Å². The zero-order chi connectivity index (χ0) is 10.6. The second-order valence-corrected chi connectivity index (χ2v) is 3.12. The number of hydrogen-bond donors (Lipinski definition) is 3. The van der Waals surface area contributed by atoms with Crippen LogP contribution in [0.2, 0.25) is 0 Å². The minimum absolute atomic E-state index is 0.386. The van der Waals surface area contributed by atoms with Crippen molar-refractivity contribution in [3.8, 4) is 0 Å². The van der Waals surface area contributed by atoms with E-state index in [4.69, 9.17) is 16.6 Å². The largest absolute Gasteiger partial charge is 0.480 e. The molecule has 0 aliphatic rings. The highest BCUT2D eigenvalue weighted by Crippen LogP contribution is 2.00. The molecule has 0 spiro atoms. The van der Waals surface area contributed by atoms with Crippen LogP contribution in [0.4, 0.5) is 0 Å². The van der Waals surface area contributed by atoms with Gasteiger partial charge in [-0.25, -0.2) is 0 Å². The molecule has 6 nitrogen and oxygen atoms in total. The van der Waals surface area contributed by atoms with E-state index < -0.39 is 23.5 Å². The van der Waals surface area contributed by atoms with Crippen LogP contribution < -0.4 is 11.5 Å². The van der Waals surface area contributed by atoms with Gasteiger partial charge in [0.15, 0.2) is 0 Å². The molecule has 0 amide bonds. The molecule has 5 N–H and O–H groups in total. The minimum atomic E-state index is -1.56. The van der Waals surface area contributed by atoms with Gasteiger partial charge in [-0.15, -0.1) is 0 Å². The molecule has 0 bridgehead atoms. The van der Waals surface area contributed by atoms with E-state index in [1.165, 1.54) is 13.8 Å². The second kappa shape index (κ2) is 4.20. The molecule has 0 heterocycles. The number of esters is 1. The number of carbonyl (C=O) groups is 2. The molecule has 0 aromatic carbocycles. The zero-order valence-electron chi connectivity index (χ0n) is 7.61. The van der Waals surface area contributed by atoms with Crippen LogP contribution in [0.3, 0.4) is 0 Å². The van der Waals surface area contributed by atoms with Gasteiger partial charge >= 0.3 is 11.9 Å². The Labute approximate surface area is 75.8 Å². The molecular formula is C7H14N2O4. The van der Waals surface area contributed by atoms with Gasteiger partial charge in [0.2, 0.25) is 0 Å². The maximum absolute atomic E-state index is 10.8. The molecule has 2 unspecified atom stereocenters. The first-order valence-corrected chi connectivity index (χ1v) is 3.72. The molecule has 0 fully saturated rings. The maximum Gasteiger partial charge on any atom is 0.326 e. The Hall–Kier alpha value is -1.14. The molecular weight excluding hydrogens is 176 g/mol. The summed E-state index contributed by atoms with van der Waals surface area (Å²) < 4.78 is 4.56. The number of carbonyl (C=O) groups excluding carboxylic acids is 1. The third kappa shape index (κ3) is 3.86. The Bertz CT molecular complexity index is 213. The van der Waals surface area contributed by atoms with Crippen molar-refractivity contribution < 1.29 is 19.4 Å². The lowest BCUT2D eigenvalue weighted by Gasteiger charge is -2.19. The zero-order valence-corrected chi connectivity index (χ0v) is 7.61. The third-order valence-corrected chi connectivity index (χ3v) is 1.37. The van der Waals surface area contributed by atoms with Crippen molar-refractivity contribution in [2.24, 2.45) is 11.5 Å². The molecule has 0 aliphatic heterocycles. The van der Waals surface area contributed by atoms with Crippen molar-refractivity contribution in [2.75, 3.05) is 6.61 Å². The number of nitrogens with two attached hydrogens (primary N) is 2. The van der Waals surface area contributed by atoms with E-state index in [0.717, 1.165) is 0 Å². The van der Waals surface area contributed by atoms with Gasteiger partial charge in [0.25, 0.3) is 0 Å². The van der Waals surface area contributed by atoms with Crippen molar-refractivity contribution in [3.63, 3.8) is 0 Å². The fraction of sp³-hybridized carbons (Fsp3) is 0.714. The molecule has 0 aliphatic carbocycles. The molecule has 0 aromatic rings. The van der Waals surface area contributed by atoms with Crippen molar-refractivity contribution in [3.05, 3.63) is 0 Å². The molecule has 0 rings (SSSR count). The van der Waals surface area contributed by atoms with E-state index in [1.807, 2.05) is 0 Å².